The van der Waals surface area contributed by atoms with Gasteiger partial charge in [0.25, 0.3) is 0 Å². The van der Waals surface area contributed by atoms with Crippen molar-refractivity contribution in [1.29, 1.82) is 0 Å². The highest BCUT2D eigenvalue weighted by Crippen LogP contribution is 2.22. The third kappa shape index (κ3) is 3.59. The van der Waals surface area contributed by atoms with Crippen LogP contribution in [0, 0.1) is 0 Å². The Morgan fingerprint density at radius 2 is 2.11 bits per heavy atom. The highest BCUT2D eigenvalue weighted by molar-refractivity contribution is 5.07. The van der Waals surface area contributed by atoms with Gasteiger partial charge in [-0.25, -0.2) is 0 Å². The maximum Gasteiger partial charge on any atom is 0.118 e. The van der Waals surface area contributed by atoms with E-state index >= 15 is 0 Å². The van der Waals surface area contributed by atoms with Crippen molar-refractivity contribution in [1.82, 2.24) is 10.2 Å². The van der Waals surface area contributed by atoms with Crippen LogP contribution in [0.4, 0.5) is 0 Å². The maximum absolute atomic E-state index is 5.88. The van der Waals surface area contributed by atoms with E-state index in [2.05, 4.69) is 36.2 Å². The monoisotopic (exact) mass is 250 g/mol. The number of hydrogen-bond donors (Lipinski definition) is 1. The molecule has 1 aromatic heterocycles. The number of hydrogen-bond acceptors (Lipinski definition) is 3. The van der Waals surface area contributed by atoms with Crippen LogP contribution in [-0.2, 0) is 13.1 Å². The summed E-state index contributed by atoms with van der Waals surface area (Å²) in [5, 5.41) is 3.29. The zero-order chi connectivity index (χ0) is 12.8. The van der Waals surface area contributed by atoms with Crippen LogP contribution in [0.5, 0.6) is 0 Å². The predicted octanol–water partition coefficient (Wildman–Crippen LogP) is 3.15. The van der Waals surface area contributed by atoms with Crippen molar-refractivity contribution >= 4 is 0 Å². The molecule has 0 aromatic carbocycles. The molecule has 2 rings (SSSR count). The molecule has 1 atom stereocenters. The summed E-state index contributed by atoms with van der Waals surface area (Å²) in [6, 6.07) is 4.98. The maximum atomic E-state index is 5.88. The van der Waals surface area contributed by atoms with Gasteiger partial charge in [-0.15, -0.1) is 0 Å². The number of likely N-dealkylation sites (tertiary alicyclic amines) is 1. The van der Waals surface area contributed by atoms with Gasteiger partial charge in [0.15, 0.2) is 0 Å². The zero-order valence-corrected chi connectivity index (χ0v) is 11.7. The molecule has 1 fully saturated rings. The summed E-state index contributed by atoms with van der Waals surface area (Å²) in [6.45, 7) is 8.44. The first kappa shape index (κ1) is 13.6. The first-order valence-electron chi connectivity index (χ1n) is 7.35. The lowest BCUT2D eigenvalue weighted by molar-refractivity contribution is 0.125. The van der Waals surface area contributed by atoms with Gasteiger partial charge in [-0.05, 0) is 44.5 Å². The Balaban J connectivity index is 1.89. The fourth-order valence-corrected chi connectivity index (χ4v) is 2.78. The Bertz CT molecular complexity index is 348. The standard InChI is InChI=1S/C15H26N2O/c1-3-13-7-5-6-10-17(13)12-15-9-8-14(18-15)11-16-4-2/h8-9,13,16H,3-7,10-12H2,1-2H3. The molecule has 3 nitrogen and oxygen atoms in total. The molecule has 1 aromatic rings. The summed E-state index contributed by atoms with van der Waals surface area (Å²) >= 11 is 0. The minimum atomic E-state index is 0.751. The second-order valence-electron chi connectivity index (χ2n) is 5.18. The zero-order valence-electron chi connectivity index (χ0n) is 11.7. The molecular formula is C15H26N2O. The summed E-state index contributed by atoms with van der Waals surface area (Å²) in [5.41, 5.74) is 0. The molecule has 1 unspecified atom stereocenters. The van der Waals surface area contributed by atoms with Gasteiger partial charge in [0, 0.05) is 6.04 Å². The molecule has 0 radical (unpaired) electrons. The Morgan fingerprint density at radius 1 is 1.28 bits per heavy atom. The lowest BCUT2D eigenvalue weighted by Crippen LogP contribution is -2.38. The van der Waals surface area contributed by atoms with E-state index in [0.29, 0.717) is 0 Å². The van der Waals surface area contributed by atoms with Crippen molar-refractivity contribution < 1.29 is 4.42 Å². The van der Waals surface area contributed by atoms with Crippen LogP contribution in [0.3, 0.4) is 0 Å². The molecule has 0 aliphatic carbocycles. The summed E-state index contributed by atoms with van der Waals surface area (Å²) in [7, 11) is 0. The number of piperidine rings is 1. The van der Waals surface area contributed by atoms with E-state index in [4.69, 9.17) is 4.42 Å². The Morgan fingerprint density at radius 3 is 2.89 bits per heavy atom. The van der Waals surface area contributed by atoms with Crippen molar-refractivity contribution in [3.8, 4) is 0 Å². The number of furan rings is 1. The van der Waals surface area contributed by atoms with Gasteiger partial charge >= 0.3 is 0 Å². The summed E-state index contributed by atoms with van der Waals surface area (Å²) in [4.78, 5) is 2.58. The van der Waals surface area contributed by atoms with Crippen molar-refractivity contribution in [3.63, 3.8) is 0 Å². The molecule has 0 amide bonds. The molecule has 2 heterocycles. The van der Waals surface area contributed by atoms with E-state index < -0.39 is 0 Å². The summed E-state index contributed by atoms with van der Waals surface area (Å²) in [5.74, 6) is 2.17. The Labute approximate surface area is 111 Å². The summed E-state index contributed by atoms with van der Waals surface area (Å²) in [6.07, 6.45) is 5.33. The van der Waals surface area contributed by atoms with Crippen LogP contribution in [0.15, 0.2) is 16.5 Å². The van der Waals surface area contributed by atoms with E-state index in [1.54, 1.807) is 0 Å². The van der Waals surface area contributed by atoms with Gasteiger partial charge in [-0.2, -0.15) is 0 Å². The van der Waals surface area contributed by atoms with Crippen LogP contribution >= 0.6 is 0 Å². The SMILES string of the molecule is CCNCc1ccc(CN2CCCCC2CC)o1. The molecule has 1 aliphatic heterocycles. The first-order valence-corrected chi connectivity index (χ1v) is 7.35. The smallest absolute Gasteiger partial charge is 0.118 e. The molecule has 0 saturated carbocycles. The number of rotatable bonds is 6. The fraction of sp³-hybridized carbons (Fsp3) is 0.733. The van der Waals surface area contributed by atoms with Gasteiger partial charge in [-0.1, -0.05) is 20.3 Å². The third-order valence-corrected chi connectivity index (χ3v) is 3.85. The largest absolute Gasteiger partial charge is 0.463 e. The molecule has 0 bridgehead atoms. The van der Waals surface area contributed by atoms with Gasteiger partial charge in [-0.3, -0.25) is 4.90 Å². The number of nitrogens with zero attached hydrogens (tertiary/aromatic N) is 1. The lowest BCUT2D eigenvalue weighted by Gasteiger charge is -2.34. The second kappa shape index (κ2) is 6.95. The molecule has 0 spiro atoms. The fourth-order valence-electron chi connectivity index (χ4n) is 2.78. The molecular weight excluding hydrogens is 224 g/mol. The van der Waals surface area contributed by atoms with Crippen LogP contribution in [0.25, 0.3) is 0 Å². The molecule has 18 heavy (non-hydrogen) atoms. The molecule has 1 saturated heterocycles. The summed E-state index contributed by atoms with van der Waals surface area (Å²) < 4.78 is 5.88. The average Bonchev–Trinajstić information content (AvgIpc) is 2.84. The van der Waals surface area contributed by atoms with E-state index in [9.17, 15) is 0 Å². The van der Waals surface area contributed by atoms with Crippen molar-refractivity contribution in [2.24, 2.45) is 0 Å². The molecule has 1 N–H and O–H groups in total. The van der Waals surface area contributed by atoms with E-state index in [1.165, 1.54) is 32.2 Å². The van der Waals surface area contributed by atoms with Crippen LogP contribution in [-0.4, -0.2) is 24.0 Å². The second-order valence-corrected chi connectivity index (χ2v) is 5.18. The highest BCUT2D eigenvalue weighted by atomic mass is 16.3. The lowest BCUT2D eigenvalue weighted by atomic mass is 10.00. The van der Waals surface area contributed by atoms with Gasteiger partial charge in [0.2, 0.25) is 0 Å². The van der Waals surface area contributed by atoms with Crippen LogP contribution in [0.1, 0.15) is 51.1 Å². The number of nitrogens with one attached hydrogen (secondary N) is 1. The average molecular weight is 250 g/mol. The molecule has 102 valence electrons. The van der Waals surface area contributed by atoms with Gasteiger partial charge in [0.05, 0.1) is 13.1 Å². The molecule has 3 heteroatoms. The first-order chi connectivity index (χ1) is 8.83. The van der Waals surface area contributed by atoms with Crippen molar-refractivity contribution in [3.05, 3.63) is 23.7 Å². The Kier molecular flexibility index (Phi) is 5.26. The normalized spacial score (nSPS) is 21.3. The van der Waals surface area contributed by atoms with Crippen molar-refractivity contribution in [2.75, 3.05) is 13.1 Å². The topological polar surface area (TPSA) is 28.4 Å². The molecule has 1 aliphatic rings. The highest BCUT2D eigenvalue weighted by Gasteiger charge is 2.21. The van der Waals surface area contributed by atoms with E-state index in [0.717, 1.165) is 37.2 Å². The van der Waals surface area contributed by atoms with Crippen LogP contribution in [0.2, 0.25) is 0 Å². The predicted molar refractivity (Wildman–Crippen MR) is 74.4 cm³/mol. The van der Waals surface area contributed by atoms with Gasteiger partial charge < -0.3 is 9.73 Å². The third-order valence-electron chi connectivity index (χ3n) is 3.85. The Hall–Kier alpha value is -0.800. The minimum Gasteiger partial charge on any atom is -0.463 e. The quantitative estimate of drug-likeness (QED) is 0.840. The van der Waals surface area contributed by atoms with Gasteiger partial charge in [0.1, 0.15) is 11.5 Å². The van der Waals surface area contributed by atoms with Crippen LogP contribution < -0.4 is 5.32 Å². The van der Waals surface area contributed by atoms with E-state index in [1.807, 2.05) is 0 Å². The van der Waals surface area contributed by atoms with E-state index in [-0.39, 0.29) is 0 Å². The van der Waals surface area contributed by atoms with Crippen molar-refractivity contribution in [2.45, 2.75) is 58.7 Å². The minimum absolute atomic E-state index is 0.751.